The van der Waals surface area contributed by atoms with Gasteiger partial charge in [0, 0.05) is 26.5 Å². The van der Waals surface area contributed by atoms with Crippen LogP contribution >= 0.6 is 0 Å². The van der Waals surface area contributed by atoms with Gasteiger partial charge < -0.3 is 14.2 Å². The molecular weight excluding hydrogens is 430 g/mol. The predicted octanol–water partition coefficient (Wildman–Crippen LogP) is 3.46. The Labute approximate surface area is 187 Å². The van der Waals surface area contributed by atoms with Gasteiger partial charge in [-0.05, 0) is 56.7 Å². The Balaban J connectivity index is 2.10. The average molecular weight is 458 g/mol. The Morgan fingerprint density at radius 3 is 2.38 bits per heavy atom. The van der Waals surface area contributed by atoms with Crippen LogP contribution in [0, 0.1) is 0 Å². The lowest BCUT2D eigenvalue weighted by atomic mass is 10.2. The van der Waals surface area contributed by atoms with Crippen molar-refractivity contribution in [2.24, 2.45) is 7.05 Å². The van der Waals surface area contributed by atoms with Crippen molar-refractivity contribution in [1.82, 2.24) is 13.4 Å². The van der Waals surface area contributed by atoms with Gasteiger partial charge in [-0.2, -0.15) is 0 Å². The van der Waals surface area contributed by atoms with Gasteiger partial charge in [-0.15, -0.1) is 0 Å². The van der Waals surface area contributed by atoms with Crippen LogP contribution in [-0.2, 0) is 28.4 Å². The van der Waals surface area contributed by atoms with Gasteiger partial charge in [-0.3, -0.25) is 4.79 Å². The fourth-order valence-electron chi connectivity index (χ4n) is 3.16. The van der Waals surface area contributed by atoms with E-state index < -0.39 is 21.7 Å². The first-order valence-corrected chi connectivity index (χ1v) is 11.5. The van der Waals surface area contributed by atoms with E-state index in [0.717, 1.165) is 3.97 Å². The van der Waals surface area contributed by atoms with E-state index in [2.05, 4.69) is 0 Å². The molecule has 0 aliphatic rings. The number of nitrogens with zero attached hydrogens (tertiary/aromatic N) is 3. The number of amides is 1. The first-order chi connectivity index (χ1) is 14.9. The number of hydrogen-bond acceptors (Lipinski definition) is 5. The fraction of sp³-hybridized carbons (Fsp3) is 0.304. The van der Waals surface area contributed by atoms with Crippen LogP contribution in [0.5, 0.6) is 0 Å². The minimum absolute atomic E-state index is 0.0941. The molecule has 3 aromatic rings. The number of carbonyl (C=O) groups is 1. The van der Waals surface area contributed by atoms with E-state index in [1.807, 2.05) is 0 Å². The number of aromatic nitrogens is 2. The monoisotopic (exact) mass is 457 g/mol. The lowest BCUT2D eigenvalue weighted by Crippen LogP contribution is -2.33. The Kier molecular flexibility index (Phi) is 6.32. The lowest BCUT2D eigenvalue weighted by Gasteiger charge is -2.24. The van der Waals surface area contributed by atoms with Gasteiger partial charge >= 0.3 is 6.09 Å². The maximum Gasteiger partial charge on any atom is 0.410 e. The molecule has 3 rings (SSSR count). The quantitative estimate of drug-likeness (QED) is 0.585. The normalized spacial score (nSPS) is 11.9. The second kappa shape index (κ2) is 8.66. The Bertz CT molecular complexity index is 1290. The SMILES string of the molecule is CN(Cc1cc(-c2cccn(C)c2=O)n(S(=O)(=O)c2ccccc2)c1)C(=O)OC(C)(C)C. The number of carbonyl (C=O) groups excluding carboxylic acids is 1. The highest BCUT2D eigenvalue weighted by atomic mass is 32.2. The van der Waals surface area contributed by atoms with Crippen LogP contribution in [0.4, 0.5) is 4.79 Å². The first kappa shape index (κ1) is 23.3. The highest BCUT2D eigenvalue weighted by molar-refractivity contribution is 7.90. The number of benzene rings is 1. The van der Waals surface area contributed by atoms with Crippen LogP contribution in [0.3, 0.4) is 0 Å². The van der Waals surface area contributed by atoms with Crippen LogP contribution in [-0.4, -0.2) is 40.6 Å². The van der Waals surface area contributed by atoms with Gasteiger partial charge in [-0.1, -0.05) is 18.2 Å². The summed E-state index contributed by atoms with van der Waals surface area (Å²) >= 11 is 0. The summed E-state index contributed by atoms with van der Waals surface area (Å²) in [6.07, 6.45) is 2.50. The highest BCUT2D eigenvalue weighted by Gasteiger charge is 2.25. The minimum atomic E-state index is -3.98. The zero-order valence-electron chi connectivity index (χ0n) is 18.8. The summed E-state index contributed by atoms with van der Waals surface area (Å²) in [5, 5.41) is 0. The van der Waals surface area contributed by atoms with E-state index in [1.165, 1.54) is 27.8 Å². The average Bonchev–Trinajstić information content (AvgIpc) is 3.13. The summed E-state index contributed by atoms with van der Waals surface area (Å²) in [4.78, 5) is 26.6. The molecule has 0 bridgehead atoms. The van der Waals surface area contributed by atoms with Crippen molar-refractivity contribution >= 4 is 16.1 Å². The molecule has 2 aromatic heterocycles. The molecule has 0 N–H and O–H groups in total. The van der Waals surface area contributed by atoms with Crippen molar-refractivity contribution in [2.75, 3.05) is 7.05 Å². The van der Waals surface area contributed by atoms with Gasteiger partial charge in [0.2, 0.25) is 0 Å². The first-order valence-electron chi connectivity index (χ1n) is 10.0. The number of aryl methyl sites for hydroxylation is 1. The standard InChI is InChI=1S/C23H27N3O5S/c1-23(2,3)31-22(28)25(5)15-17-14-20(19-12-9-13-24(4)21(19)27)26(16-17)32(29,30)18-10-7-6-8-11-18/h6-14,16H,15H2,1-5H3. The third-order valence-electron chi connectivity index (χ3n) is 4.67. The van der Waals surface area contributed by atoms with Crippen molar-refractivity contribution in [3.05, 3.63) is 76.8 Å². The van der Waals surface area contributed by atoms with E-state index >= 15 is 0 Å². The van der Waals surface area contributed by atoms with Gasteiger partial charge in [0.1, 0.15) is 5.60 Å². The molecule has 0 radical (unpaired) electrons. The van der Waals surface area contributed by atoms with Gasteiger partial charge in [0.25, 0.3) is 15.6 Å². The molecular formula is C23H27N3O5S. The van der Waals surface area contributed by atoms with Gasteiger partial charge in [0.05, 0.1) is 22.7 Å². The fourth-order valence-corrected chi connectivity index (χ4v) is 4.57. The summed E-state index contributed by atoms with van der Waals surface area (Å²) < 4.78 is 34.6. The Morgan fingerprint density at radius 1 is 1.09 bits per heavy atom. The van der Waals surface area contributed by atoms with E-state index in [-0.39, 0.29) is 28.3 Å². The molecule has 0 fully saturated rings. The van der Waals surface area contributed by atoms with Crippen LogP contribution in [0.15, 0.2) is 70.6 Å². The van der Waals surface area contributed by atoms with E-state index in [4.69, 9.17) is 4.74 Å². The van der Waals surface area contributed by atoms with Crippen molar-refractivity contribution in [3.63, 3.8) is 0 Å². The lowest BCUT2D eigenvalue weighted by molar-refractivity contribution is 0.0285. The molecule has 1 amide bonds. The summed E-state index contributed by atoms with van der Waals surface area (Å²) in [5.74, 6) is 0. The smallest absolute Gasteiger partial charge is 0.410 e. The minimum Gasteiger partial charge on any atom is -0.444 e. The van der Waals surface area contributed by atoms with E-state index in [9.17, 15) is 18.0 Å². The second-order valence-corrected chi connectivity index (χ2v) is 10.3. The van der Waals surface area contributed by atoms with Crippen molar-refractivity contribution < 1.29 is 17.9 Å². The number of rotatable bonds is 5. The zero-order chi connectivity index (χ0) is 23.7. The maximum atomic E-state index is 13.4. The third kappa shape index (κ3) is 4.94. The van der Waals surface area contributed by atoms with E-state index in [1.54, 1.807) is 77.5 Å². The largest absolute Gasteiger partial charge is 0.444 e. The molecule has 170 valence electrons. The molecule has 2 heterocycles. The summed E-state index contributed by atoms with van der Waals surface area (Å²) in [7, 11) is -0.811. The molecule has 0 unspecified atom stereocenters. The zero-order valence-corrected chi connectivity index (χ0v) is 19.6. The second-order valence-electron chi connectivity index (χ2n) is 8.52. The van der Waals surface area contributed by atoms with Crippen LogP contribution in [0.25, 0.3) is 11.3 Å². The number of pyridine rings is 1. The highest BCUT2D eigenvalue weighted by Crippen LogP contribution is 2.26. The molecule has 1 aromatic carbocycles. The summed E-state index contributed by atoms with van der Waals surface area (Å²) in [6.45, 7) is 5.41. The molecule has 8 nitrogen and oxygen atoms in total. The molecule has 0 atom stereocenters. The molecule has 32 heavy (non-hydrogen) atoms. The molecule has 0 spiro atoms. The van der Waals surface area contributed by atoms with Crippen LogP contribution < -0.4 is 5.56 Å². The molecule has 0 aliphatic heterocycles. The predicted molar refractivity (Wildman–Crippen MR) is 122 cm³/mol. The van der Waals surface area contributed by atoms with Crippen molar-refractivity contribution in [1.29, 1.82) is 0 Å². The van der Waals surface area contributed by atoms with Crippen molar-refractivity contribution in [3.8, 4) is 11.3 Å². The summed E-state index contributed by atoms with van der Waals surface area (Å²) in [5.41, 5.74) is 0.0132. The van der Waals surface area contributed by atoms with Crippen molar-refractivity contribution in [2.45, 2.75) is 37.8 Å². The molecule has 0 saturated heterocycles. The van der Waals surface area contributed by atoms with Gasteiger partial charge in [-0.25, -0.2) is 17.2 Å². The molecule has 0 aliphatic carbocycles. The van der Waals surface area contributed by atoms with Crippen LogP contribution in [0.2, 0.25) is 0 Å². The maximum absolute atomic E-state index is 13.4. The number of hydrogen-bond donors (Lipinski definition) is 0. The Morgan fingerprint density at radius 2 is 1.75 bits per heavy atom. The number of ether oxygens (including phenoxy) is 1. The molecule has 9 heteroatoms. The third-order valence-corrected chi connectivity index (χ3v) is 6.35. The van der Waals surface area contributed by atoms with E-state index in [0.29, 0.717) is 5.56 Å². The molecule has 0 saturated carbocycles. The topological polar surface area (TPSA) is 90.6 Å². The van der Waals surface area contributed by atoms with Crippen LogP contribution in [0.1, 0.15) is 26.3 Å². The van der Waals surface area contributed by atoms with Gasteiger partial charge in [0.15, 0.2) is 0 Å². The Hall–Kier alpha value is -3.33. The summed E-state index contributed by atoms with van der Waals surface area (Å²) in [6, 6.07) is 12.8.